The molecule has 0 saturated carbocycles. The molecule has 0 saturated heterocycles. The number of carbonyl (C=O) groups is 1. The van der Waals surface area contributed by atoms with Crippen LogP contribution in [0.4, 0.5) is 0 Å². The molecule has 0 spiro atoms. The lowest BCUT2D eigenvalue weighted by Gasteiger charge is -2.12. The molecule has 0 aliphatic rings. The lowest BCUT2D eigenvalue weighted by molar-refractivity contribution is 0.0727. The maximum Gasteiger partial charge on any atom is 0.344 e. The van der Waals surface area contributed by atoms with Gasteiger partial charge in [-0.25, -0.2) is 9.78 Å². The Bertz CT molecular complexity index is 1120. The first-order valence-electron chi connectivity index (χ1n) is 8.75. The number of rotatable bonds is 5. The number of halogens is 1. The first-order chi connectivity index (χ1) is 13.7. The Morgan fingerprint density at radius 1 is 1.04 bits per heavy atom. The molecule has 0 fully saturated rings. The zero-order valence-corrected chi connectivity index (χ0v) is 18.0. The number of ether oxygens (including phenoxy) is 2. The van der Waals surface area contributed by atoms with Gasteiger partial charge in [0.05, 0.1) is 22.4 Å². The fourth-order valence-corrected chi connectivity index (χ4v) is 4.34. The third-order valence-electron chi connectivity index (χ3n) is 4.08. The van der Waals surface area contributed by atoms with Crippen molar-refractivity contribution in [3.05, 3.63) is 75.9 Å². The van der Waals surface area contributed by atoms with Crippen LogP contribution in [0.3, 0.4) is 0 Å². The van der Waals surface area contributed by atoms with Crippen molar-refractivity contribution in [3.8, 4) is 22.1 Å². The molecular formula is C22H16INO3S. The molecule has 140 valence electrons. The molecule has 0 N–H and O–H groups in total. The van der Waals surface area contributed by atoms with Crippen LogP contribution < -0.4 is 9.47 Å². The Balaban J connectivity index is 1.67. The number of thiazole rings is 1. The van der Waals surface area contributed by atoms with E-state index in [0.717, 1.165) is 24.4 Å². The van der Waals surface area contributed by atoms with Gasteiger partial charge >= 0.3 is 5.97 Å². The summed E-state index contributed by atoms with van der Waals surface area (Å²) >= 11 is 3.74. The molecule has 1 aromatic heterocycles. The SMILES string of the molecule is CCOc1cc(-c2nc3ccccc3s2)ccc1OC(=O)c1ccccc1I. The predicted molar refractivity (Wildman–Crippen MR) is 120 cm³/mol. The van der Waals surface area contributed by atoms with Crippen molar-refractivity contribution in [2.75, 3.05) is 6.61 Å². The highest BCUT2D eigenvalue weighted by Gasteiger charge is 2.16. The van der Waals surface area contributed by atoms with Crippen molar-refractivity contribution >= 4 is 50.1 Å². The molecule has 4 nitrogen and oxygen atoms in total. The van der Waals surface area contributed by atoms with Crippen molar-refractivity contribution < 1.29 is 14.3 Å². The number of para-hydroxylation sites is 1. The molecule has 1 heterocycles. The van der Waals surface area contributed by atoms with Crippen LogP contribution in [-0.2, 0) is 0 Å². The zero-order chi connectivity index (χ0) is 19.5. The molecule has 0 aliphatic carbocycles. The maximum atomic E-state index is 12.6. The number of esters is 1. The van der Waals surface area contributed by atoms with Gasteiger partial charge in [-0.3, -0.25) is 0 Å². The average molecular weight is 501 g/mol. The van der Waals surface area contributed by atoms with Gasteiger partial charge in [0, 0.05) is 9.13 Å². The van der Waals surface area contributed by atoms with E-state index >= 15 is 0 Å². The maximum absolute atomic E-state index is 12.6. The van der Waals surface area contributed by atoms with E-state index in [1.165, 1.54) is 0 Å². The smallest absolute Gasteiger partial charge is 0.344 e. The van der Waals surface area contributed by atoms with E-state index in [1.807, 2.05) is 55.5 Å². The van der Waals surface area contributed by atoms with Crippen molar-refractivity contribution in [1.82, 2.24) is 4.98 Å². The first-order valence-corrected chi connectivity index (χ1v) is 10.6. The van der Waals surface area contributed by atoms with E-state index in [9.17, 15) is 4.79 Å². The summed E-state index contributed by atoms with van der Waals surface area (Å²) in [6, 6.07) is 20.9. The summed E-state index contributed by atoms with van der Waals surface area (Å²) in [5.74, 6) is 0.522. The van der Waals surface area contributed by atoms with Gasteiger partial charge in [0.15, 0.2) is 11.5 Å². The quantitative estimate of drug-likeness (QED) is 0.186. The summed E-state index contributed by atoms with van der Waals surface area (Å²) in [7, 11) is 0. The minimum Gasteiger partial charge on any atom is -0.490 e. The number of fused-ring (bicyclic) bond motifs is 1. The van der Waals surface area contributed by atoms with Gasteiger partial charge in [0.2, 0.25) is 0 Å². The average Bonchev–Trinajstić information content (AvgIpc) is 3.14. The Hall–Kier alpha value is -2.45. The lowest BCUT2D eigenvalue weighted by Crippen LogP contribution is -2.11. The summed E-state index contributed by atoms with van der Waals surface area (Å²) in [4.78, 5) is 17.3. The normalized spacial score (nSPS) is 10.8. The van der Waals surface area contributed by atoms with Crippen LogP contribution in [0.5, 0.6) is 11.5 Å². The van der Waals surface area contributed by atoms with Gasteiger partial charge in [-0.15, -0.1) is 11.3 Å². The predicted octanol–water partition coefficient (Wildman–Crippen LogP) is 6.19. The molecule has 0 aliphatic heterocycles. The summed E-state index contributed by atoms with van der Waals surface area (Å²) in [5, 5.41) is 0.901. The lowest BCUT2D eigenvalue weighted by atomic mass is 10.2. The van der Waals surface area contributed by atoms with Crippen molar-refractivity contribution in [2.24, 2.45) is 0 Å². The molecule has 28 heavy (non-hydrogen) atoms. The van der Waals surface area contributed by atoms with Gasteiger partial charge in [-0.05, 0) is 72.0 Å². The second-order valence-electron chi connectivity index (χ2n) is 5.95. The van der Waals surface area contributed by atoms with Crippen LogP contribution in [0.1, 0.15) is 17.3 Å². The van der Waals surface area contributed by atoms with Gasteiger partial charge < -0.3 is 9.47 Å². The fraction of sp³-hybridized carbons (Fsp3) is 0.0909. The summed E-state index contributed by atoms with van der Waals surface area (Å²) in [5.41, 5.74) is 2.43. The Labute approximate surface area is 180 Å². The number of aromatic nitrogens is 1. The third kappa shape index (κ3) is 3.88. The van der Waals surface area contributed by atoms with Crippen molar-refractivity contribution in [2.45, 2.75) is 6.92 Å². The Morgan fingerprint density at radius 2 is 1.82 bits per heavy atom. The van der Waals surface area contributed by atoms with Gasteiger partial charge in [0.1, 0.15) is 5.01 Å². The van der Waals surface area contributed by atoms with E-state index in [4.69, 9.17) is 9.47 Å². The molecule has 0 radical (unpaired) electrons. The minimum atomic E-state index is -0.404. The topological polar surface area (TPSA) is 48.4 Å². The van der Waals surface area contributed by atoms with E-state index in [1.54, 1.807) is 23.5 Å². The second kappa shape index (κ2) is 8.28. The van der Waals surface area contributed by atoms with Gasteiger partial charge in [-0.1, -0.05) is 24.3 Å². The van der Waals surface area contributed by atoms with Crippen LogP contribution in [0.2, 0.25) is 0 Å². The summed E-state index contributed by atoms with van der Waals surface area (Å²) in [6.45, 7) is 2.37. The van der Waals surface area contributed by atoms with Crippen LogP contribution in [0.15, 0.2) is 66.7 Å². The number of carbonyl (C=O) groups excluding carboxylic acids is 1. The fourth-order valence-electron chi connectivity index (χ4n) is 2.77. The molecule has 6 heteroatoms. The molecule has 0 unspecified atom stereocenters. The monoisotopic (exact) mass is 501 g/mol. The highest BCUT2D eigenvalue weighted by atomic mass is 127. The van der Waals surface area contributed by atoms with Gasteiger partial charge in [0.25, 0.3) is 0 Å². The van der Waals surface area contributed by atoms with Crippen LogP contribution >= 0.6 is 33.9 Å². The number of hydrogen-bond donors (Lipinski definition) is 0. The van der Waals surface area contributed by atoms with E-state index in [0.29, 0.717) is 23.7 Å². The Morgan fingerprint density at radius 3 is 2.61 bits per heavy atom. The minimum absolute atomic E-state index is 0.399. The standard InChI is InChI=1S/C22H16INO3S/c1-2-26-19-13-14(21-24-17-9-5-6-10-20(17)28-21)11-12-18(19)27-22(25)15-7-3-4-8-16(15)23/h3-13H,2H2,1H3. The molecule has 0 bridgehead atoms. The summed E-state index contributed by atoms with van der Waals surface area (Å²) in [6.07, 6.45) is 0. The van der Waals surface area contributed by atoms with Gasteiger partial charge in [-0.2, -0.15) is 0 Å². The molecule has 4 rings (SSSR count). The van der Waals surface area contributed by atoms with Crippen LogP contribution in [0.25, 0.3) is 20.8 Å². The number of nitrogens with zero attached hydrogens (tertiary/aromatic N) is 1. The third-order valence-corrected chi connectivity index (χ3v) is 6.11. The van der Waals surface area contributed by atoms with Crippen LogP contribution in [0, 0.1) is 3.57 Å². The highest BCUT2D eigenvalue weighted by molar-refractivity contribution is 14.1. The Kier molecular flexibility index (Phi) is 5.59. The molecule has 0 amide bonds. The largest absolute Gasteiger partial charge is 0.490 e. The number of benzene rings is 3. The van der Waals surface area contributed by atoms with Crippen molar-refractivity contribution in [1.29, 1.82) is 0 Å². The first kappa shape index (κ1) is 18.9. The molecule has 4 aromatic rings. The molecular weight excluding hydrogens is 485 g/mol. The molecule has 0 atom stereocenters. The highest BCUT2D eigenvalue weighted by Crippen LogP contribution is 2.36. The van der Waals surface area contributed by atoms with Crippen LogP contribution in [-0.4, -0.2) is 17.6 Å². The van der Waals surface area contributed by atoms with E-state index < -0.39 is 5.97 Å². The second-order valence-corrected chi connectivity index (χ2v) is 8.14. The van der Waals surface area contributed by atoms with E-state index in [2.05, 4.69) is 33.6 Å². The summed E-state index contributed by atoms with van der Waals surface area (Å²) < 4.78 is 13.3. The van der Waals surface area contributed by atoms with Crippen molar-refractivity contribution in [3.63, 3.8) is 0 Å². The zero-order valence-electron chi connectivity index (χ0n) is 15.0. The van der Waals surface area contributed by atoms with E-state index in [-0.39, 0.29) is 0 Å². The molecule has 3 aromatic carbocycles. The number of hydrogen-bond acceptors (Lipinski definition) is 5.